The second-order valence-electron chi connectivity index (χ2n) is 7.56. The molecule has 3 atom stereocenters. The second-order valence-corrected chi connectivity index (χ2v) is 7.56. The fourth-order valence-electron chi connectivity index (χ4n) is 3.29. The highest BCUT2D eigenvalue weighted by Gasteiger charge is 2.30. The van der Waals surface area contributed by atoms with E-state index in [1.807, 2.05) is 0 Å². The lowest BCUT2D eigenvalue weighted by Gasteiger charge is -2.25. The molecule has 2 aromatic carbocycles. The highest BCUT2D eigenvalue weighted by molar-refractivity contribution is 5.89. The Kier molecular flexibility index (Phi) is 10.7. The average molecular weight is 504 g/mol. The van der Waals surface area contributed by atoms with Crippen LogP contribution in [0.5, 0.6) is 11.5 Å². The normalized spacial score (nSPS) is 13.0. The van der Waals surface area contributed by atoms with Crippen LogP contribution in [0.25, 0.3) is 0 Å². The third kappa shape index (κ3) is 8.27. The monoisotopic (exact) mass is 503 g/mol. The summed E-state index contributed by atoms with van der Waals surface area (Å²) in [5, 5.41) is 9.58. The number of nitrogens with two attached hydrogens (primary N) is 1. The number of hydrogen-bond acceptors (Lipinski definition) is 10. The van der Waals surface area contributed by atoms with E-state index < -0.39 is 42.3 Å². The van der Waals surface area contributed by atoms with Crippen LogP contribution in [0, 0.1) is 0 Å². The lowest BCUT2D eigenvalue weighted by molar-refractivity contribution is -0.139. The molecule has 0 spiro atoms. The molecule has 194 valence electrons. The van der Waals surface area contributed by atoms with Crippen molar-refractivity contribution in [1.82, 2.24) is 0 Å². The van der Waals surface area contributed by atoms with Gasteiger partial charge in [0.05, 0.1) is 18.8 Å². The van der Waals surface area contributed by atoms with Gasteiger partial charge in [0.25, 0.3) is 0 Å². The SMILES string of the molecule is CCOC(=O)Oc1ccc(C(CC(C)OC(=O)c2ccccc2)[C@H](N)C(=O)O)cc1OC(=O)OCC. The van der Waals surface area contributed by atoms with Crippen molar-refractivity contribution in [3.8, 4) is 11.5 Å². The van der Waals surface area contributed by atoms with Crippen molar-refractivity contribution >= 4 is 24.2 Å². The third-order valence-electron chi connectivity index (χ3n) is 4.93. The van der Waals surface area contributed by atoms with E-state index in [-0.39, 0.29) is 31.1 Å². The summed E-state index contributed by atoms with van der Waals surface area (Å²) in [5.41, 5.74) is 6.64. The minimum Gasteiger partial charge on any atom is -0.480 e. The minimum absolute atomic E-state index is 0.0307. The average Bonchev–Trinajstić information content (AvgIpc) is 2.84. The zero-order valence-corrected chi connectivity index (χ0v) is 20.2. The van der Waals surface area contributed by atoms with E-state index in [0.29, 0.717) is 11.1 Å². The van der Waals surface area contributed by atoms with E-state index >= 15 is 0 Å². The second kappa shape index (κ2) is 13.7. The summed E-state index contributed by atoms with van der Waals surface area (Å²) in [5.74, 6) is -3.11. The number of esters is 1. The van der Waals surface area contributed by atoms with Crippen LogP contribution in [0.4, 0.5) is 9.59 Å². The van der Waals surface area contributed by atoms with Crippen molar-refractivity contribution in [2.45, 2.75) is 45.3 Å². The van der Waals surface area contributed by atoms with Crippen molar-refractivity contribution < 1.29 is 48.0 Å². The molecule has 0 saturated heterocycles. The van der Waals surface area contributed by atoms with Crippen LogP contribution in [0.2, 0.25) is 0 Å². The number of hydrogen-bond donors (Lipinski definition) is 2. The molecular weight excluding hydrogens is 474 g/mol. The first-order valence-electron chi connectivity index (χ1n) is 11.2. The molecule has 0 aromatic heterocycles. The van der Waals surface area contributed by atoms with Crippen molar-refractivity contribution in [2.24, 2.45) is 5.73 Å². The van der Waals surface area contributed by atoms with Crippen molar-refractivity contribution in [3.63, 3.8) is 0 Å². The number of carboxylic acid groups (broad SMARTS) is 1. The summed E-state index contributed by atoms with van der Waals surface area (Å²) in [7, 11) is 0. The zero-order valence-electron chi connectivity index (χ0n) is 20.2. The molecule has 3 N–H and O–H groups in total. The number of benzene rings is 2. The van der Waals surface area contributed by atoms with Gasteiger partial charge in [0.15, 0.2) is 11.5 Å². The topological polar surface area (TPSA) is 161 Å². The zero-order chi connectivity index (χ0) is 26.7. The van der Waals surface area contributed by atoms with Crippen LogP contribution >= 0.6 is 0 Å². The number of aliphatic carboxylic acids is 1. The molecule has 36 heavy (non-hydrogen) atoms. The fourth-order valence-corrected chi connectivity index (χ4v) is 3.29. The van der Waals surface area contributed by atoms with Crippen molar-refractivity contribution in [1.29, 1.82) is 0 Å². The van der Waals surface area contributed by atoms with Crippen LogP contribution in [0.15, 0.2) is 48.5 Å². The summed E-state index contributed by atoms with van der Waals surface area (Å²) >= 11 is 0. The molecule has 2 unspecified atom stereocenters. The Bertz CT molecular complexity index is 1060. The number of carbonyl (C=O) groups is 4. The van der Waals surface area contributed by atoms with Crippen LogP contribution < -0.4 is 15.2 Å². The molecule has 0 heterocycles. The van der Waals surface area contributed by atoms with Crippen LogP contribution in [0.3, 0.4) is 0 Å². The number of carbonyl (C=O) groups excluding carboxylic acids is 3. The Labute approximate surface area is 208 Å². The Morgan fingerprint density at radius 1 is 0.889 bits per heavy atom. The van der Waals surface area contributed by atoms with E-state index in [4.69, 9.17) is 29.4 Å². The molecule has 11 nitrogen and oxygen atoms in total. The van der Waals surface area contributed by atoms with Gasteiger partial charge >= 0.3 is 24.2 Å². The highest BCUT2D eigenvalue weighted by atomic mass is 16.7. The molecule has 0 aliphatic rings. The standard InChI is InChI=1S/C25H29NO10/c1-4-32-24(30)35-19-12-11-17(14-20(19)36-25(31)33-5-2)18(21(26)22(27)28)13-15(3)34-23(29)16-9-7-6-8-10-16/h6-12,14-15,18,21H,4-5,13,26H2,1-3H3,(H,27,28)/t15?,18?,21-/m0/s1. The van der Waals surface area contributed by atoms with Gasteiger partial charge in [-0.25, -0.2) is 14.4 Å². The van der Waals surface area contributed by atoms with E-state index in [1.165, 1.54) is 18.2 Å². The van der Waals surface area contributed by atoms with E-state index in [9.17, 15) is 24.3 Å². The Morgan fingerprint density at radius 2 is 1.47 bits per heavy atom. The quantitative estimate of drug-likeness (QED) is 0.260. The lowest BCUT2D eigenvalue weighted by atomic mass is 9.87. The molecule has 0 aliphatic carbocycles. The first-order chi connectivity index (χ1) is 17.2. The summed E-state index contributed by atoms with van der Waals surface area (Å²) in [6.07, 6.45) is -2.78. The summed E-state index contributed by atoms with van der Waals surface area (Å²) in [6.45, 7) is 4.86. The molecule has 2 rings (SSSR count). The van der Waals surface area contributed by atoms with Crippen LogP contribution in [-0.4, -0.2) is 54.7 Å². The molecule has 0 amide bonds. The predicted molar refractivity (Wildman–Crippen MR) is 126 cm³/mol. The van der Waals surface area contributed by atoms with Crippen LogP contribution in [-0.2, 0) is 19.0 Å². The van der Waals surface area contributed by atoms with Gasteiger partial charge in [0.2, 0.25) is 0 Å². The Balaban J connectivity index is 2.34. The van der Waals surface area contributed by atoms with Crippen molar-refractivity contribution in [2.75, 3.05) is 13.2 Å². The molecule has 0 bridgehead atoms. The van der Waals surface area contributed by atoms with Gasteiger partial charge in [0, 0.05) is 5.92 Å². The first-order valence-corrected chi connectivity index (χ1v) is 11.2. The summed E-state index contributed by atoms with van der Waals surface area (Å²) in [6, 6.07) is 11.0. The largest absolute Gasteiger partial charge is 0.513 e. The van der Waals surface area contributed by atoms with Gasteiger partial charge in [-0.3, -0.25) is 4.79 Å². The lowest BCUT2D eigenvalue weighted by Crippen LogP contribution is -2.38. The van der Waals surface area contributed by atoms with Gasteiger partial charge < -0.3 is 34.5 Å². The number of rotatable bonds is 11. The molecule has 2 aromatic rings. The minimum atomic E-state index is -1.39. The number of carboxylic acids is 1. The van der Waals surface area contributed by atoms with E-state index in [0.717, 1.165) is 0 Å². The third-order valence-corrected chi connectivity index (χ3v) is 4.93. The van der Waals surface area contributed by atoms with Gasteiger partial charge in [-0.2, -0.15) is 0 Å². The molecular formula is C25H29NO10. The highest BCUT2D eigenvalue weighted by Crippen LogP contribution is 2.35. The molecule has 0 aliphatic heterocycles. The Hall–Kier alpha value is -4.12. The van der Waals surface area contributed by atoms with E-state index in [2.05, 4.69) is 0 Å². The molecule has 0 fully saturated rings. The smallest absolute Gasteiger partial charge is 0.480 e. The van der Waals surface area contributed by atoms with Gasteiger partial charge in [-0.05, 0) is 57.0 Å². The maximum Gasteiger partial charge on any atom is 0.513 e. The van der Waals surface area contributed by atoms with Gasteiger partial charge in [-0.1, -0.05) is 24.3 Å². The Morgan fingerprint density at radius 3 is 2.03 bits per heavy atom. The van der Waals surface area contributed by atoms with Crippen molar-refractivity contribution in [3.05, 3.63) is 59.7 Å². The number of ether oxygens (including phenoxy) is 5. The summed E-state index contributed by atoms with van der Waals surface area (Å²) in [4.78, 5) is 47.9. The first kappa shape index (κ1) is 28.1. The maximum atomic E-state index is 12.4. The summed E-state index contributed by atoms with van der Waals surface area (Å²) < 4.78 is 25.2. The molecule has 11 heteroatoms. The fraction of sp³-hybridized carbons (Fsp3) is 0.360. The molecule has 0 saturated carbocycles. The molecule has 0 radical (unpaired) electrons. The van der Waals surface area contributed by atoms with Crippen LogP contribution in [0.1, 0.15) is 49.0 Å². The maximum absolute atomic E-state index is 12.4. The van der Waals surface area contributed by atoms with Gasteiger partial charge in [0.1, 0.15) is 12.1 Å². The predicted octanol–water partition coefficient (Wildman–Crippen LogP) is 3.89. The van der Waals surface area contributed by atoms with E-state index in [1.54, 1.807) is 51.1 Å². The van der Waals surface area contributed by atoms with Gasteiger partial charge in [-0.15, -0.1) is 0 Å².